The van der Waals surface area contributed by atoms with Crippen LogP contribution in [0, 0.1) is 0 Å². The van der Waals surface area contributed by atoms with Gasteiger partial charge in [0.05, 0.1) is 11.4 Å². The second-order valence-corrected chi connectivity index (χ2v) is 7.82. The van der Waals surface area contributed by atoms with Gasteiger partial charge in [-0.15, -0.1) is 11.3 Å². The highest BCUT2D eigenvalue weighted by Crippen LogP contribution is 2.32. The topological polar surface area (TPSA) is 92.4 Å². The minimum absolute atomic E-state index is 0.150. The maximum atomic E-state index is 14.9. The Morgan fingerprint density at radius 3 is 2.47 bits per heavy atom. The third-order valence-corrected chi connectivity index (χ3v) is 5.78. The van der Waals surface area contributed by atoms with Gasteiger partial charge in [0.2, 0.25) is 6.17 Å². The van der Waals surface area contributed by atoms with Crippen molar-refractivity contribution in [1.82, 2.24) is 0 Å². The molecule has 0 bridgehead atoms. The van der Waals surface area contributed by atoms with Gasteiger partial charge < -0.3 is 16.2 Å². The number of anilines is 2. The molecule has 3 aromatic carbocycles. The van der Waals surface area contributed by atoms with E-state index in [4.69, 9.17) is 10.8 Å². The van der Waals surface area contributed by atoms with E-state index < -0.39 is 18.0 Å². The lowest BCUT2D eigenvalue weighted by molar-refractivity contribution is -0.121. The van der Waals surface area contributed by atoms with E-state index in [0.717, 1.165) is 22.5 Å². The van der Waals surface area contributed by atoms with Gasteiger partial charge in [-0.3, -0.25) is 4.79 Å². The smallest absolute Gasteiger partial charge is 0.345 e. The molecule has 150 valence electrons. The van der Waals surface area contributed by atoms with Crippen molar-refractivity contribution in [2.45, 2.75) is 6.17 Å². The summed E-state index contributed by atoms with van der Waals surface area (Å²) in [5.74, 6) is -1.89. The molecule has 4 rings (SSSR count). The molecule has 0 radical (unpaired) electrons. The fourth-order valence-corrected chi connectivity index (χ4v) is 4.08. The minimum atomic E-state index is -1.93. The molecular weight excluding hydrogens is 403 g/mol. The predicted molar refractivity (Wildman–Crippen MR) is 118 cm³/mol. The summed E-state index contributed by atoms with van der Waals surface area (Å²) in [6.07, 6.45) is -1.93. The van der Waals surface area contributed by atoms with E-state index in [-0.39, 0.29) is 10.4 Å². The number of thiophene rings is 1. The number of carbonyl (C=O) groups is 2. The third kappa shape index (κ3) is 3.88. The van der Waals surface area contributed by atoms with Crippen LogP contribution in [0.4, 0.5) is 15.8 Å². The number of alkyl halides is 1. The van der Waals surface area contributed by atoms with Crippen molar-refractivity contribution < 1.29 is 19.1 Å². The van der Waals surface area contributed by atoms with Gasteiger partial charge in [-0.2, -0.15) is 0 Å². The number of fused-ring (bicyclic) bond motifs is 1. The van der Waals surface area contributed by atoms with Crippen molar-refractivity contribution in [2.24, 2.45) is 0 Å². The molecule has 1 heterocycles. The van der Waals surface area contributed by atoms with Crippen LogP contribution in [-0.2, 0) is 4.79 Å². The van der Waals surface area contributed by atoms with Crippen LogP contribution in [0.15, 0.2) is 72.8 Å². The first-order valence-electron chi connectivity index (χ1n) is 9.09. The standard InChI is InChI=1S/C23H17FN2O3S/c24-21(16-7-6-15-11-20(23(28)29)30-19(15)12-16)22(27)26-18-10-14(8-9-17(18)25)13-4-2-1-3-5-13/h1-12,21H,25H2,(H,26,27)(H,28,29). The van der Waals surface area contributed by atoms with Crippen molar-refractivity contribution in [2.75, 3.05) is 11.1 Å². The first-order valence-corrected chi connectivity index (χ1v) is 9.90. The van der Waals surface area contributed by atoms with E-state index in [9.17, 15) is 14.0 Å². The second kappa shape index (κ2) is 7.96. The molecule has 1 unspecified atom stereocenters. The number of rotatable bonds is 5. The summed E-state index contributed by atoms with van der Waals surface area (Å²) in [6.45, 7) is 0. The van der Waals surface area contributed by atoms with Crippen LogP contribution in [0.1, 0.15) is 21.4 Å². The van der Waals surface area contributed by atoms with Crippen LogP contribution < -0.4 is 11.1 Å². The number of halogens is 1. The van der Waals surface area contributed by atoms with Crippen molar-refractivity contribution in [3.8, 4) is 11.1 Å². The zero-order chi connectivity index (χ0) is 21.3. The normalized spacial score (nSPS) is 11.9. The van der Waals surface area contributed by atoms with Gasteiger partial charge in [0.15, 0.2) is 0 Å². The number of carboxylic acids is 1. The average molecular weight is 420 g/mol. The summed E-state index contributed by atoms with van der Waals surface area (Å²) in [5.41, 5.74) is 8.57. The predicted octanol–water partition coefficient (Wildman–Crippen LogP) is 5.50. The number of nitrogen functional groups attached to an aromatic ring is 1. The highest BCUT2D eigenvalue weighted by atomic mass is 32.1. The molecule has 0 aliphatic heterocycles. The van der Waals surface area contributed by atoms with Crippen molar-refractivity contribution >= 4 is 44.7 Å². The Morgan fingerprint density at radius 1 is 0.967 bits per heavy atom. The number of aromatic carboxylic acids is 1. The zero-order valence-corrected chi connectivity index (χ0v) is 16.4. The average Bonchev–Trinajstić information content (AvgIpc) is 3.19. The lowest BCUT2D eigenvalue weighted by Gasteiger charge is -2.13. The van der Waals surface area contributed by atoms with Gasteiger partial charge in [0, 0.05) is 4.70 Å². The molecule has 4 aromatic rings. The monoisotopic (exact) mass is 420 g/mol. The van der Waals surface area contributed by atoms with Gasteiger partial charge >= 0.3 is 5.97 Å². The fourth-order valence-electron chi connectivity index (χ4n) is 3.13. The molecule has 0 fully saturated rings. The Kier molecular flexibility index (Phi) is 5.20. The quantitative estimate of drug-likeness (QED) is 0.372. The minimum Gasteiger partial charge on any atom is -0.477 e. The van der Waals surface area contributed by atoms with Gasteiger partial charge in [-0.25, -0.2) is 9.18 Å². The highest BCUT2D eigenvalue weighted by Gasteiger charge is 2.22. The van der Waals surface area contributed by atoms with Crippen molar-refractivity contribution in [3.05, 3.63) is 83.2 Å². The molecule has 1 aromatic heterocycles. The summed E-state index contributed by atoms with van der Waals surface area (Å²) in [5, 5.41) is 12.4. The molecule has 7 heteroatoms. The number of hydrogen-bond donors (Lipinski definition) is 3. The summed E-state index contributed by atoms with van der Waals surface area (Å²) < 4.78 is 15.5. The molecule has 0 saturated carbocycles. The van der Waals surface area contributed by atoms with Crippen LogP contribution in [0.5, 0.6) is 0 Å². The Labute approximate surface area is 175 Å². The maximum Gasteiger partial charge on any atom is 0.345 e. The number of benzene rings is 3. The molecule has 5 nitrogen and oxygen atoms in total. The van der Waals surface area contributed by atoms with E-state index in [1.54, 1.807) is 18.2 Å². The second-order valence-electron chi connectivity index (χ2n) is 6.73. The summed E-state index contributed by atoms with van der Waals surface area (Å²) in [7, 11) is 0. The van der Waals surface area contributed by atoms with Gasteiger partial charge in [-0.05, 0) is 46.3 Å². The highest BCUT2D eigenvalue weighted by molar-refractivity contribution is 7.20. The molecule has 0 spiro atoms. The summed E-state index contributed by atoms with van der Waals surface area (Å²) in [6, 6.07) is 20.9. The molecule has 0 saturated heterocycles. The molecular formula is C23H17FN2O3S. The molecule has 0 aliphatic rings. The zero-order valence-electron chi connectivity index (χ0n) is 15.6. The number of amides is 1. The molecule has 4 N–H and O–H groups in total. The SMILES string of the molecule is Nc1ccc(-c2ccccc2)cc1NC(=O)C(F)c1ccc2cc(C(=O)O)sc2c1. The number of carboxylic acid groups (broad SMARTS) is 1. The Balaban J connectivity index is 1.58. The molecule has 30 heavy (non-hydrogen) atoms. The molecule has 0 aliphatic carbocycles. The number of nitrogens with two attached hydrogens (primary N) is 1. The summed E-state index contributed by atoms with van der Waals surface area (Å²) >= 11 is 1.04. The van der Waals surface area contributed by atoms with E-state index >= 15 is 0 Å². The first kappa shape index (κ1) is 19.6. The van der Waals surface area contributed by atoms with E-state index in [1.807, 2.05) is 36.4 Å². The third-order valence-electron chi connectivity index (χ3n) is 4.70. The largest absolute Gasteiger partial charge is 0.477 e. The van der Waals surface area contributed by atoms with E-state index in [1.165, 1.54) is 18.2 Å². The van der Waals surface area contributed by atoms with Crippen molar-refractivity contribution in [1.29, 1.82) is 0 Å². The van der Waals surface area contributed by atoms with Crippen LogP contribution >= 0.6 is 11.3 Å². The van der Waals surface area contributed by atoms with E-state index in [2.05, 4.69) is 5.32 Å². The van der Waals surface area contributed by atoms with Crippen LogP contribution in [0.2, 0.25) is 0 Å². The van der Waals surface area contributed by atoms with Crippen LogP contribution in [-0.4, -0.2) is 17.0 Å². The van der Waals surface area contributed by atoms with Gasteiger partial charge in [0.25, 0.3) is 5.91 Å². The molecule has 1 amide bonds. The number of nitrogens with one attached hydrogen (secondary N) is 1. The summed E-state index contributed by atoms with van der Waals surface area (Å²) in [4.78, 5) is 23.8. The Bertz CT molecular complexity index is 1250. The lowest BCUT2D eigenvalue weighted by Crippen LogP contribution is -2.18. The van der Waals surface area contributed by atoms with E-state index in [0.29, 0.717) is 21.5 Å². The number of hydrogen-bond acceptors (Lipinski definition) is 4. The van der Waals surface area contributed by atoms with Crippen LogP contribution in [0.25, 0.3) is 21.2 Å². The first-order chi connectivity index (χ1) is 14.4. The van der Waals surface area contributed by atoms with Crippen molar-refractivity contribution in [3.63, 3.8) is 0 Å². The van der Waals surface area contributed by atoms with Gasteiger partial charge in [-0.1, -0.05) is 48.5 Å². The number of carbonyl (C=O) groups excluding carboxylic acids is 1. The lowest BCUT2D eigenvalue weighted by atomic mass is 10.0. The Hall–Kier alpha value is -3.71. The Morgan fingerprint density at radius 2 is 1.73 bits per heavy atom. The maximum absolute atomic E-state index is 14.9. The van der Waals surface area contributed by atoms with Crippen LogP contribution in [0.3, 0.4) is 0 Å². The van der Waals surface area contributed by atoms with Gasteiger partial charge in [0.1, 0.15) is 4.88 Å². The fraction of sp³-hybridized carbons (Fsp3) is 0.0435. The molecule has 1 atom stereocenters.